The molecule has 0 heterocycles. The van der Waals surface area contributed by atoms with Gasteiger partial charge in [0.05, 0.1) is 5.70 Å². The Labute approximate surface area is 101 Å². The standard InChI is InChI=1S/C11H20N2O4/c1-7(11(5,6)16-8(12)14)13-9(15)17-10(2,3)4/h1H2,2-6H3,(H2,12,14)(H,13,15). The zero-order chi connectivity index (χ0) is 13.9. The molecule has 6 heteroatoms. The highest BCUT2D eigenvalue weighted by Crippen LogP contribution is 2.17. The summed E-state index contributed by atoms with van der Waals surface area (Å²) >= 11 is 0. The van der Waals surface area contributed by atoms with Crippen molar-refractivity contribution in [1.29, 1.82) is 0 Å². The van der Waals surface area contributed by atoms with Gasteiger partial charge in [0.25, 0.3) is 0 Å². The van der Waals surface area contributed by atoms with Crippen molar-refractivity contribution in [2.24, 2.45) is 5.73 Å². The molecular formula is C11H20N2O4. The Morgan fingerprint density at radius 1 is 1.12 bits per heavy atom. The molecule has 0 unspecified atom stereocenters. The maximum atomic E-state index is 11.4. The first-order valence-corrected chi connectivity index (χ1v) is 5.12. The first kappa shape index (κ1) is 15.3. The molecule has 0 radical (unpaired) electrons. The van der Waals surface area contributed by atoms with Gasteiger partial charge in [-0.15, -0.1) is 0 Å². The predicted octanol–water partition coefficient (Wildman–Crippen LogP) is 1.90. The molecule has 0 aromatic carbocycles. The second-order valence-electron chi connectivity index (χ2n) is 5.04. The first-order chi connectivity index (χ1) is 7.44. The molecule has 6 nitrogen and oxygen atoms in total. The third-order valence-corrected chi connectivity index (χ3v) is 1.73. The van der Waals surface area contributed by atoms with Crippen LogP contribution in [-0.2, 0) is 9.47 Å². The van der Waals surface area contributed by atoms with E-state index >= 15 is 0 Å². The smallest absolute Gasteiger partial charge is 0.412 e. The Hall–Kier alpha value is -1.72. The monoisotopic (exact) mass is 244 g/mol. The van der Waals surface area contributed by atoms with Gasteiger partial charge in [-0.1, -0.05) is 6.58 Å². The van der Waals surface area contributed by atoms with Crippen LogP contribution >= 0.6 is 0 Å². The van der Waals surface area contributed by atoms with Crippen LogP contribution in [0.25, 0.3) is 0 Å². The van der Waals surface area contributed by atoms with Crippen molar-refractivity contribution in [2.45, 2.75) is 45.8 Å². The fourth-order valence-corrected chi connectivity index (χ4v) is 0.890. The van der Waals surface area contributed by atoms with E-state index in [0.29, 0.717) is 0 Å². The largest absolute Gasteiger partial charge is 0.444 e. The molecule has 0 aliphatic carbocycles. The lowest BCUT2D eigenvalue weighted by atomic mass is 10.1. The van der Waals surface area contributed by atoms with Crippen molar-refractivity contribution < 1.29 is 19.1 Å². The Balaban J connectivity index is 4.44. The number of alkyl carbamates (subject to hydrolysis) is 1. The number of carbonyl (C=O) groups excluding carboxylic acids is 2. The summed E-state index contributed by atoms with van der Waals surface area (Å²) in [4.78, 5) is 22.1. The summed E-state index contributed by atoms with van der Waals surface area (Å²) in [6.07, 6.45) is -1.61. The molecule has 0 atom stereocenters. The molecule has 0 saturated heterocycles. The third-order valence-electron chi connectivity index (χ3n) is 1.73. The second kappa shape index (κ2) is 5.07. The number of ether oxygens (including phenoxy) is 2. The topological polar surface area (TPSA) is 90.7 Å². The third kappa shape index (κ3) is 6.44. The number of primary amides is 1. The van der Waals surface area contributed by atoms with Gasteiger partial charge in [-0.3, -0.25) is 5.32 Å². The molecule has 98 valence electrons. The van der Waals surface area contributed by atoms with Gasteiger partial charge < -0.3 is 15.2 Å². The molecule has 0 rings (SSSR count). The SMILES string of the molecule is C=C(NC(=O)OC(C)(C)C)C(C)(C)OC(N)=O. The van der Waals surface area contributed by atoms with E-state index in [1.165, 1.54) is 0 Å². The van der Waals surface area contributed by atoms with Gasteiger partial charge in [0.1, 0.15) is 11.2 Å². The van der Waals surface area contributed by atoms with Gasteiger partial charge in [0, 0.05) is 0 Å². The highest BCUT2D eigenvalue weighted by molar-refractivity contribution is 5.71. The average molecular weight is 244 g/mol. The summed E-state index contributed by atoms with van der Waals surface area (Å²) in [6, 6.07) is 0. The minimum absolute atomic E-state index is 0.186. The van der Waals surface area contributed by atoms with Crippen LogP contribution in [0.1, 0.15) is 34.6 Å². The molecule has 0 saturated carbocycles. The zero-order valence-electron chi connectivity index (χ0n) is 10.9. The van der Waals surface area contributed by atoms with E-state index in [9.17, 15) is 9.59 Å². The maximum absolute atomic E-state index is 11.4. The molecule has 0 aliphatic rings. The van der Waals surface area contributed by atoms with Crippen molar-refractivity contribution in [1.82, 2.24) is 5.32 Å². The predicted molar refractivity (Wildman–Crippen MR) is 63.3 cm³/mol. The number of nitrogens with two attached hydrogens (primary N) is 1. The van der Waals surface area contributed by atoms with E-state index in [-0.39, 0.29) is 5.70 Å². The van der Waals surface area contributed by atoms with E-state index in [1.54, 1.807) is 34.6 Å². The van der Waals surface area contributed by atoms with E-state index < -0.39 is 23.4 Å². The fraction of sp³-hybridized carbons (Fsp3) is 0.636. The highest BCUT2D eigenvalue weighted by Gasteiger charge is 2.28. The number of hydrogen-bond acceptors (Lipinski definition) is 4. The number of amides is 2. The van der Waals surface area contributed by atoms with Gasteiger partial charge in [-0.2, -0.15) is 0 Å². The molecule has 2 amide bonds. The van der Waals surface area contributed by atoms with Crippen LogP contribution in [0.5, 0.6) is 0 Å². The highest BCUT2D eigenvalue weighted by atomic mass is 16.6. The molecule has 0 aromatic rings. The molecule has 0 aliphatic heterocycles. The summed E-state index contributed by atoms with van der Waals surface area (Å²) in [5.74, 6) is 0. The van der Waals surface area contributed by atoms with Crippen molar-refractivity contribution in [2.75, 3.05) is 0 Å². The maximum Gasteiger partial charge on any atom is 0.412 e. The summed E-state index contributed by atoms with van der Waals surface area (Å²) in [5.41, 5.74) is 3.38. The lowest BCUT2D eigenvalue weighted by molar-refractivity contribution is 0.0435. The van der Waals surface area contributed by atoms with E-state index in [4.69, 9.17) is 15.2 Å². The quantitative estimate of drug-likeness (QED) is 0.793. The number of carbonyl (C=O) groups is 2. The van der Waals surface area contributed by atoms with Gasteiger partial charge >= 0.3 is 12.2 Å². The van der Waals surface area contributed by atoms with Crippen molar-refractivity contribution in [3.05, 3.63) is 12.3 Å². The van der Waals surface area contributed by atoms with Crippen LogP contribution in [0, 0.1) is 0 Å². The minimum Gasteiger partial charge on any atom is -0.444 e. The Morgan fingerprint density at radius 2 is 1.59 bits per heavy atom. The van der Waals surface area contributed by atoms with Crippen molar-refractivity contribution in [3.63, 3.8) is 0 Å². The summed E-state index contributed by atoms with van der Waals surface area (Å²) in [5, 5.41) is 2.39. The number of hydrogen-bond donors (Lipinski definition) is 2. The molecule has 0 aromatic heterocycles. The van der Waals surface area contributed by atoms with Crippen LogP contribution in [0.4, 0.5) is 9.59 Å². The molecule has 0 spiro atoms. The second-order valence-corrected chi connectivity index (χ2v) is 5.04. The van der Waals surface area contributed by atoms with Crippen LogP contribution in [-0.4, -0.2) is 23.4 Å². The van der Waals surface area contributed by atoms with Crippen LogP contribution < -0.4 is 11.1 Å². The Bertz CT molecular complexity index is 329. The van der Waals surface area contributed by atoms with Crippen molar-refractivity contribution in [3.8, 4) is 0 Å². The van der Waals surface area contributed by atoms with Gasteiger partial charge in [-0.25, -0.2) is 9.59 Å². The summed E-state index contributed by atoms with van der Waals surface area (Å²) in [7, 11) is 0. The van der Waals surface area contributed by atoms with Crippen LogP contribution in [0.15, 0.2) is 12.3 Å². The van der Waals surface area contributed by atoms with E-state index in [1.807, 2.05) is 0 Å². The van der Waals surface area contributed by atoms with E-state index in [0.717, 1.165) is 0 Å². The summed E-state index contributed by atoms with van der Waals surface area (Å²) in [6.45, 7) is 11.9. The van der Waals surface area contributed by atoms with E-state index in [2.05, 4.69) is 11.9 Å². The molecule has 0 bridgehead atoms. The Morgan fingerprint density at radius 3 is 1.94 bits per heavy atom. The average Bonchev–Trinajstić information content (AvgIpc) is 1.96. The van der Waals surface area contributed by atoms with Gasteiger partial charge in [0.2, 0.25) is 0 Å². The molecule has 0 fully saturated rings. The Kier molecular flexibility index (Phi) is 4.56. The lowest BCUT2D eigenvalue weighted by Gasteiger charge is -2.27. The van der Waals surface area contributed by atoms with Crippen LogP contribution in [0.3, 0.4) is 0 Å². The van der Waals surface area contributed by atoms with Gasteiger partial charge in [-0.05, 0) is 34.6 Å². The minimum atomic E-state index is -1.09. The molecular weight excluding hydrogens is 224 g/mol. The normalized spacial score (nSPS) is 11.6. The fourth-order valence-electron chi connectivity index (χ4n) is 0.890. The van der Waals surface area contributed by atoms with Gasteiger partial charge in [0.15, 0.2) is 0 Å². The van der Waals surface area contributed by atoms with Crippen LogP contribution in [0.2, 0.25) is 0 Å². The lowest BCUT2D eigenvalue weighted by Crippen LogP contribution is -2.42. The number of rotatable bonds is 3. The summed E-state index contributed by atoms with van der Waals surface area (Å²) < 4.78 is 9.83. The first-order valence-electron chi connectivity index (χ1n) is 5.12. The molecule has 3 N–H and O–H groups in total. The number of nitrogens with one attached hydrogen (secondary N) is 1. The van der Waals surface area contributed by atoms with Crippen molar-refractivity contribution >= 4 is 12.2 Å². The zero-order valence-corrected chi connectivity index (χ0v) is 10.9. The molecule has 17 heavy (non-hydrogen) atoms.